The van der Waals surface area contributed by atoms with Crippen LogP contribution in [0.4, 0.5) is 52.7 Å². The molecular weight excluding hydrogens is 1120 g/mol. The molecular formula is C70H38F12N4. The van der Waals surface area contributed by atoms with Gasteiger partial charge in [-0.3, -0.25) is 0 Å². The Bertz CT molecular complexity index is 5190. The van der Waals surface area contributed by atoms with Gasteiger partial charge >= 0.3 is 24.7 Å². The Balaban J connectivity index is 1.27. The highest BCUT2D eigenvalue weighted by atomic mass is 19.4. The maximum atomic E-state index is 18.0. The van der Waals surface area contributed by atoms with Gasteiger partial charge in [0.1, 0.15) is 0 Å². The standard InChI is InChI=1S/C70H38F12N4/c71-67(72,73)41-19-15-17-39(37-41)57-61(69(77,78)79)66(86-52-30-12-8-26-46(52)48-34-36-56-60(64(48)86)50-28-10-14-32-54(50)84(56)44-23-5-2-6-24-44)62(70(80,81)82)58(40-18-16-20-42(38-40)68(74,75)76)65(57)85-51-29-11-7-25-45(51)47-33-35-55-59(63(47)85)49-27-9-13-31-53(49)83(55)43-21-3-1-4-22-43/h1-38H. The van der Waals surface area contributed by atoms with E-state index in [0.29, 0.717) is 84.6 Å². The Hall–Kier alpha value is -10.2. The van der Waals surface area contributed by atoms with Crippen LogP contribution in [0.3, 0.4) is 0 Å². The second-order valence-corrected chi connectivity index (χ2v) is 21.1. The number of aromatic nitrogens is 4. The molecule has 15 aromatic rings. The van der Waals surface area contributed by atoms with E-state index in [9.17, 15) is 0 Å². The third-order valence-corrected chi connectivity index (χ3v) is 16.4. The van der Waals surface area contributed by atoms with Crippen LogP contribution in [0.1, 0.15) is 22.3 Å². The van der Waals surface area contributed by atoms with Crippen molar-refractivity contribution in [3.05, 3.63) is 253 Å². The average molecular weight is 1160 g/mol. The van der Waals surface area contributed by atoms with E-state index in [4.69, 9.17) is 0 Å². The topological polar surface area (TPSA) is 19.7 Å². The van der Waals surface area contributed by atoms with E-state index < -0.39 is 80.6 Å². The second-order valence-electron chi connectivity index (χ2n) is 21.1. The van der Waals surface area contributed by atoms with Gasteiger partial charge in [-0.05, 0) is 96.1 Å². The summed E-state index contributed by atoms with van der Waals surface area (Å²) in [5.41, 5.74) is -10.6. The zero-order valence-electron chi connectivity index (χ0n) is 44.3. The van der Waals surface area contributed by atoms with E-state index in [1.165, 1.54) is 28.8 Å². The Morgan fingerprint density at radius 2 is 0.581 bits per heavy atom. The predicted molar refractivity (Wildman–Crippen MR) is 315 cm³/mol. The molecule has 0 aliphatic rings. The lowest BCUT2D eigenvalue weighted by Crippen LogP contribution is -2.23. The summed E-state index contributed by atoms with van der Waals surface area (Å²) in [7, 11) is 0. The molecule has 0 saturated heterocycles. The molecule has 0 spiro atoms. The molecule has 0 amide bonds. The molecule has 0 atom stereocenters. The van der Waals surface area contributed by atoms with Gasteiger partial charge in [0.15, 0.2) is 0 Å². The zero-order chi connectivity index (χ0) is 59.3. The van der Waals surface area contributed by atoms with Crippen LogP contribution < -0.4 is 0 Å². The minimum absolute atomic E-state index is 0.00529. The van der Waals surface area contributed by atoms with Gasteiger partial charge in [0.25, 0.3) is 0 Å². The molecule has 4 aromatic heterocycles. The van der Waals surface area contributed by atoms with E-state index in [2.05, 4.69) is 0 Å². The third kappa shape index (κ3) is 7.80. The number of benzene rings is 11. The maximum Gasteiger partial charge on any atom is 0.419 e. The molecule has 86 heavy (non-hydrogen) atoms. The lowest BCUT2D eigenvalue weighted by atomic mass is 9.84. The smallest absolute Gasteiger partial charge is 0.309 e. The van der Waals surface area contributed by atoms with Gasteiger partial charge in [-0.1, -0.05) is 146 Å². The first-order valence-corrected chi connectivity index (χ1v) is 27.0. The van der Waals surface area contributed by atoms with Gasteiger partial charge in [0, 0.05) is 65.6 Å². The third-order valence-electron chi connectivity index (χ3n) is 16.4. The number of para-hydroxylation sites is 6. The number of rotatable bonds is 6. The molecule has 0 aliphatic carbocycles. The predicted octanol–water partition coefficient (Wildman–Crippen LogP) is 21.5. The fraction of sp³-hybridized carbons (Fsp3) is 0.0571. The van der Waals surface area contributed by atoms with Crippen LogP contribution in [0.25, 0.3) is 132 Å². The van der Waals surface area contributed by atoms with Gasteiger partial charge < -0.3 is 18.3 Å². The number of hydrogen-bond donors (Lipinski definition) is 0. The summed E-state index contributed by atoms with van der Waals surface area (Å²) >= 11 is 0. The van der Waals surface area contributed by atoms with Crippen molar-refractivity contribution in [1.82, 2.24) is 18.3 Å². The molecule has 0 fully saturated rings. The number of hydrogen-bond acceptors (Lipinski definition) is 0. The highest BCUT2D eigenvalue weighted by Gasteiger charge is 2.50. The van der Waals surface area contributed by atoms with Gasteiger partial charge in [-0.2, -0.15) is 52.7 Å². The van der Waals surface area contributed by atoms with Crippen molar-refractivity contribution in [3.63, 3.8) is 0 Å². The van der Waals surface area contributed by atoms with E-state index in [1.807, 2.05) is 21.3 Å². The Kier molecular flexibility index (Phi) is 11.4. The normalized spacial score (nSPS) is 12.9. The molecule has 15 rings (SSSR count). The Labute approximate surface area is 478 Å². The first kappa shape index (κ1) is 52.6. The van der Waals surface area contributed by atoms with Crippen LogP contribution in [-0.4, -0.2) is 18.3 Å². The summed E-state index contributed by atoms with van der Waals surface area (Å²) < 4.78 is 206. The lowest BCUT2D eigenvalue weighted by Gasteiger charge is -2.31. The number of alkyl halides is 12. The largest absolute Gasteiger partial charge is 0.419 e. The summed E-state index contributed by atoms with van der Waals surface area (Å²) in [5.74, 6) is 0. The second kappa shape index (κ2) is 18.6. The first-order chi connectivity index (χ1) is 41.3. The number of halogens is 12. The fourth-order valence-electron chi connectivity index (χ4n) is 13.2. The van der Waals surface area contributed by atoms with Crippen molar-refractivity contribution >= 4 is 87.2 Å². The highest BCUT2D eigenvalue weighted by Crippen LogP contribution is 2.58. The minimum atomic E-state index is -5.92. The zero-order valence-corrected chi connectivity index (χ0v) is 44.3. The molecule has 0 bridgehead atoms. The minimum Gasteiger partial charge on any atom is -0.309 e. The van der Waals surface area contributed by atoms with Gasteiger partial charge in [-0.25, -0.2) is 0 Å². The van der Waals surface area contributed by atoms with E-state index in [-0.39, 0.29) is 38.2 Å². The average Bonchev–Trinajstić information content (AvgIpc) is 1.39. The number of nitrogens with zero attached hydrogens (tertiary/aromatic N) is 4. The van der Waals surface area contributed by atoms with Crippen LogP contribution in [-0.2, 0) is 24.7 Å². The van der Waals surface area contributed by atoms with Crippen molar-refractivity contribution in [1.29, 1.82) is 0 Å². The summed E-state index contributed by atoms with van der Waals surface area (Å²) in [5, 5.41) is 2.44. The van der Waals surface area contributed by atoms with Crippen LogP contribution in [0.2, 0.25) is 0 Å². The molecule has 16 heteroatoms. The van der Waals surface area contributed by atoms with Crippen molar-refractivity contribution in [2.75, 3.05) is 0 Å². The highest BCUT2D eigenvalue weighted by molar-refractivity contribution is 6.28. The lowest BCUT2D eigenvalue weighted by molar-refractivity contribution is -0.142. The van der Waals surface area contributed by atoms with Gasteiger partial charge in [-0.15, -0.1) is 0 Å². The quantitative estimate of drug-likeness (QED) is 0.148. The summed E-state index contributed by atoms with van der Waals surface area (Å²) in [6, 6.07) is 56.4. The molecule has 11 aromatic carbocycles. The molecule has 422 valence electrons. The van der Waals surface area contributed by atoms with Crippen LogP contribution >= 0.6 is 0 Å². The van der Waals surface area contributed by atoms with E-state index >= 15 is 52.7 Å². The molecule has 0 radical (unpaired) electrons. The molecule has 0 saturated carbocycles. The summed E-state index contributed by atoms with van der Waals surface area (Å²) in [6.45, 7) is 0. The van der Waals surface area contributed by atoms with Gasteiger partial charge in [0.2, 0.25) is 0 Å². The monoisotopic (exact) mass is 1160 g/mol. The molecule has 0 aliphatic heterocycles. The van der Waals surface area contributed by atoms with Crippen LogP contribution in [0.5, 0.6) is 0 Å². The van der Waals surface area contributed by atoms with Crippen molar-refractivity contribution in [2.45, 2.75) is 24.7 Å². The van der Waals surface area contributed by atoms with Gasteiger partial charge in [0.05, 0.1) is 77.8 Å². The molecule has 4 nitrogen and oxygen atoms in total. The molecule has 0 N–H and O–H groups in total. The first-order valence-electron chi connectivity index (χ1n) is 27.0. The van der Waals surface area contributed by atoms with Crippen LogP contribution in [0.15, 0.2) is 231 Å². The van der Waals surface area contributed by atoms with E-state index in [1.54, 1.807) is 146 Å². The summed E-state index contributed by atoms with van der Waals surface area (Å²) in [6.07, 6.45) is -22.3. The summed E-state index contributed by atoms with van der Waals surface area (Å²) in [4.78, 5) is 0. The molecule has 0 unspecified atom stereocenters. The SMILES string of the molecule is FC(F)(F)c1cccc(-c2c(-n3c4ccccc4c4ccc5c(c6ccccc6n5-c5ccccc5)c43)c(-c3cccc(C(F)(F)F)c3)c(C(F)(F)F)c(-n3c4ccccc4c4ccc5c(c6ccccc6n5-c5ccccc5)c43)c2C(F)(F)F)c1. The Morgan fingerprint density at radius 3 is 0.953 bits per heavy atom. The van der Waals surface area contributed by atoms with E-state index in [0.717, 1.165) is 28.8 Å². The Morgan fingerprint density at radius 1 is 0.244 bits per heavy atom. The van der Waals surface area contributed by atoms with Crippen LogP contribution in [0, 0.1) is 0 Å². The number of fused-ring (bicyclic) bond motifs is 14. The fourth-order valence-corrected chi connectivity index (χ4v) is 13.2. The van der Waals surface area contributed by atoms with Crippen molar-refractivity contribution in [2.24, 2.45) is 0 Å². The molecule has 4 heterocycles. The maximum absolute atomic E-state index is 18.0. The van der Waals surface area contributed by atoms with Crippen molar-refractivity contribution in [3.8, 4) is 45.0 Å². The van der Waals surface area contributed by atoms with Crippen molar-refractivity contribution < 1.29 is 52.7 Å².